The van der Waals surface area contributed by atoms with Crippen molar-refractivity contribution < 1.29 is 19.4 Å². The average Bonchev–Trinajstić information content (AvgIpc) is 2.78. The van der Waals surface area contributed by atoms with E-state index in [9.17, 15) is 9.59 Å². The van der Waals surface area contributed by atoms with Crippen molar-refractivity contribution in [1.82, 2.24) is 5.01 Å². The molecule has 1 amide bonds. The number of aliphatic carboxylic acids is 1. The molecule has 1 atom stereocenters. The highest BCUT2D eigenvalue weighted by Gasteiger charge is 2.22. The Morgan fingerprint density at radius 3 is 2.65 bits per heavy atom. The van der Waals surface area contributed by atoms with Gasteiger partial charge in [-0.1, -0.05) is 12.1 Å². The van der Waals surface area contributed by atoms with Crippen molar-refractivity contribution in [2.45, 2.75) is 32.1 Å². The Kier molecular flexibility index (Phi) is 6.50. The van der Waals surface area contributed by atoms with Gasteiger partial charge in [-0.2, -0.15) is 5.10 Å². The molecular formula is C24H27N3O4. The Morgan fingerprint density at radius 1 is 1.13 bits per heavy atom. The van der Waals surface area contributed by atoms with E-state index in [0.717, 1.165) is 30.0 Å². The summed E-state index contributed by atoms with van der Waals surface area (Å²) in [5.41, 5.74) is 3.10. The number of amides is 1. The van der Waals surface area contributed by atoms with Crippen molar-refractivity contribution in [2.24, 2.45) is 11.0 Å². The molecule has 4 rings (SSSR count). The minimum atomic E-state index is -0.828. The van der Waals surface area contributed by atoms with E-state index < -0.39 is 5.97 Å². The number of piperidine rings is 1. The number of anilines is 1. The number of hydrogen-bond donors (Lipinski definition) is 2. The largest absolute Gasteiger partial charge is 0.493 e. The number of hydrazone groups is 1. The van der Waals surface area contributed by atoms with Crippen molar-refractivity contribution in [3.63, 3.8) is 0 Å². The van der Waals surface area contributed by atoms with Crippen LogP contribution in [-0.4, -0.2) is 47.9 Å². The lowest BCUT2D eigenvalue weighted by molar-refractivity contribution is -0.138. The number of ether oxygens (including phenoxy) is 1. The summed E-state index contributed by atoms with van der Waals surface area (Å²) >= 11 is 0. The molecule has 0 aliphatic carbocycles. The number of carbonyl (C=O) groups excluding carboxylic acids is 1. The van der Waals surface area contributed by atoms with Gasteiger partial charge in [-0.25, -0.2) is 0 Å². The van der Waals surface area contributed by atoms with Crippen molar-refractivity contribution in [3.8, 4) is 5.75 Å². The molecule has 0 saturated carbocycles. The second kappa shape index (κ2) is 9.64. The van der Waals surface area contributed by atoms with E-state index in [1.807, 2.05) is 30.5 Å². The molecule has 2 aromatic carbocycles. The Morgan fingerprint density at radius 2 is 1.90 bits per heavy atom. The third-order valence-corrected chi connectivity index (χ3v) is 5.64. The summed E-state index contributed by atoms with van der Waals surface area (Å²) in [6.07, 6.45) is 6.18. The number of nitrogens with zero attached hydrogens (tertiary/aromatic N) is 2. The van der Waals surface area contributed by atoms with E-state index >= 15 is 0 Å². The summed E-state index contributed by atoms with van der Waals surface area (Å²) in [6, 6.07) is 12.8. The number of fused-ring (bicyclic) bond motifs is 1. The van der Waals surface area contributed by atoms with Crippen LogP contribution in [0.25, 0.3) is 0 Å². The molecule has 2 aromatic rings. The lowest BCUT2D eigenvalue weighted by atomic mass is 9.94. The highest BCUT2D eigenvalue weighted by atomic mass is 16.5. The zero-order chi connectivity index (χ0) is 21.6. The molecule has 2 aliphatic heterocycles. The van der Waals surface area contributed by atoms with Gasteiger partial charge in [-0.3, -0.25) is 14.6 Å². The van der Waals surface area contributed by atoms with Crippen LogP contribution in [0, 0.1) is 5.92 Å². The van der Waals surface area contributed by atoms with Crippen molar-refractivity contribution in [1.29, 1.82) is 0 Å². The monoisotopic (exact) mass is 421 g/mol. The molecule has 0 spiro atoms. The molecule has 0 bridgehead atoms. The SMILES string of the molecule is O=C(O)CC1COc2ccc(NC(=O)c3ccc(C=NN4CCCCC4)cc3)cc2C1. The molecule has 2 heterocycles. The van der Waals surface area contributed by atoms with Crippen LogP contribution in [-0.2, 0) is 11.2 Å². The zero-order valence-corrected chi connectivity index (χ0v) is 17.4. The number of rotatable bonds is 6. The second-order valence-electron chi connectivity index (χ2n) is 8.14. The lowest BCUT2D eigenvalue weighted by Crippen LogP contribution is -2.24. The maximum Gasteiger partial charge on any atom is 0.303 e. The fraction of sp³-hybridized carbons (Fsp3) is 0.375. The first-order chi connectivity index (χ1) is 15.1. The summed E-state index contributed by atoms with van der Waals surface area (Å²) in [6.45, 7) is 2.40. The van der Waals surface area contributed by atoms with Gasteiger partial charge in [0, 0.05) is 30.3 Å². The predicted molar refractivity (Wildman–Crippen MR) is 119 cm³/mol. The number of nitrogens with one attached hydrogen (secondary N) is 1. The Hall–Kier alpha value is -3.35. The van der Waals surface area contributed by atoms with Crippen LogP contribution in [0.1, 0.15) is 47.2 Å². The summed E-state index contributed by atoms with van der Waals surface area (Å²) in [5, 5.41) is 18.5. The van der Waals surface area contributed by atoms with Crippen molar-refractivity contribution in [3.05, 3.63) is 59.2 Å². The molecule has 31 heavy (non-hydrogen) atoms. The summed E-state index contributed by atoms with van der Waals surface area (Å²) in [5.74, 6) is -0.337. The van der Waals surface area contributed by atoms with E-state index in [4.69, 9.17) is 9.84 Å². The molecule has 7 nitrogen and oxygen atoms in total. The van der Waals surface area contributed by atoms with E-state index in [1.54, 1.807) is 18.2 Å². The summed E-state index contributed by atoms with van der Waals surface area (Å²) in [4.78, 5) is 23.6. The minimum absolute atomic E-state index is 0.0601. The first kappa shape index (κ1) is 20.9. The first-order valence-electron chi connectivity index (χ1n) is 10.7. The van der Waals surface area contributed by atoms with E-state index in [0.29, 0.717) is 24.3 Å². The van der Waals surface area contributed by atoms with Crippen LogP contribution in [0.4, 0.5) is 5.69 Å². The summed E-state index contributed by atoms with van der Waals surface area (Å²) < 4.78 is 5.67. The third-order valence-electron chi connectivity index (χ3n) is 5.64. The fourth-order valence-corrected chi connectivity index (χ4v) is 3.98. The van der Waals surface area contributed by atoms with Crippen LogP contribution >= 0.6 is 0 Å². The number of carboxylic acid groups (broad SMARTS) is 1. The lowest BCUT2D eigenvalue weighted by Gasteiger charge is -2.24. The molecule has 1 saturated heterocycles. The molecule has 0 aromatic heterocycles. The maximum atomic E-state index is 12.6. The molecule has 2 N–H and O–H groups in total. The van der Waals surface area contributed by atoms with Crippen LogP contribution < -0.4 is 10.1 Å². The number of benzene rings is 2. The first-order valence-corrected chi connectivity index (χ1v) is 10.7. The van der Waals surface area contributed by atoms with Crippen molar-refractivity contribution in [2.75, 3.05) is 25.0 Å². The molecule has 7 heteroatoms. The minimum Gasteiger partial charge on any atom is -0.493 e. The molecule has 162 valence electrons. The number of hydrogen-bond acceptors (Lipinski definition) is 5. The molecule has 0 radical (unpaired) electrons. The molecule has 2 aliphatic rings. The van der Waals surface area contributed by atoms with Gasteiger partial charge in [0.2, 0.25) is 0 Å². The van der Waals surface area contributed by atoms with Gasteiger partial charge in [-0.05, 0) is 67.1 Å². The van der Waals surface area contributed by atoms with Crippen LogP contribution in [0.15, 0.2) is 47.6 Å². The quantitative estimate of drug-likeness (QED) is 0.693. The molecule has 1 unspecified atom stereocenters. The van der Waals surface area contributed by atoms with Gasteiger partial charge in [0.15, 0.2) is 0 Å². The van der Waals surface area contributed by atoms with E-state index in [-0.39, 0.29) is 18.2 Å². The highest BCUT2D eigenvalue weighted by Crippen LogP contribution is 2.31. The van der Waals surface area contributed by atoms with Crippen LogP contribution in [0.5, 0.6) is 5.75 Å². The number of carbonyl (C=O) groups is 2. The van der Waals surface area contributed by atoms with Crippen molar-refractivity contribution >= 4 is 23.8 Å². The van der Waals surface area contributed by atoms with Gasteiger partial charge in [0.1, 0.15) is 5.75 Å². The maximum absolute atomic E-state index is 12.6. The van der Waals surface area contributed by atoms with E-state index in [2.05, 4.69) is 15.4 Å². The highest BCUT2D eigenvalue weighted by molar-refractivity contribution is 6.04. The van der Waals surface area contributed by atoms with Crippen LogP contribution in [0.2, 0.25) is 0 Å². The summed E-state index contributed by atoms with van der Waals surface area (Å²) in [7, 11) is 0. The standard InChI is InChI=1S/C24H27N3O4/c28-23(29)13-18-12-20-14-21(8-9-22(20)31-16-18)26-24(30)19-6-4-17(5-7-19)15-25-27-10-2-1-3-11-27/h4-9,14-15,18H,1-3,10-13,16H2,(H,26,30)(H,28,29). The van der Waals surface area contributed by atoms with E-state index in [1.165, 1.54) is 19.3 Å². The van der Waals surface area contributed by atoms with Gasteiger partial charge in [-0.15, -0.1) is 0 Å². The van der Waals surface area contributed by atoms with Gasteiger partial charge < -0.3 is 15.2 Å². The fourth-order valence-electron chi connectivity index (χ4n) is 3.98. The van der Waals surface area contributed by atoms with Gasteiger partial charge >= 0.3 is 5.97 Å². The predicted octanol–water partition coefficient (Wildman–Crippen LogP) is 3.78. The normalized spacial score (nSPS) is 18.3. The Bertz CT molecular complexity index is 965. The number of carboxylic acids is 1. The van der Waals surface area contributed by atoms with Crippen LogP contribution in [0.3, 0.4) is 0 Å². The second-order valence-corrected chi connectivity index (χ2v) is 8.14. The average molecular weight is 421 g/mol. The molecular weight excluding hydrogens is 394 g/mol. The molecule has 1 fully saturated rings. The zero-order valence-electron chi connectivity index (χ0n) is 17.4. The third kappa shape index (κ3) is 5.63. The van der Waals surface area contributed by atoms with Gasteiger partial charge in [0.25, 0.3) is 5.91 Å². The topological polar surface area (TPSA) is 91.2 Å². The Balaban J connectivity index is 1.37. The van der Waals surface area contributed by atoms with Gasteiger partial charge in [0.05, 0.1) is 19.2 Å². The smallest absolute Gasteiger partial charge is 0.303 e. The Labute approximate surface area is 181 Å².